The van der Waals surface area contributed by atoms with Crippen molar-refractivity contribution in [3.63, 3.8) is 0 Å². The zero-order chi connectivity index (χ0) is 18.3. The number of hydrogen-bond donors (Lipinski definition) is 0. The minimum Gasteiger partial charge on any atom is -0.302 e. The number of rotatable bonds is 3. The maximum atomic E-state index is 12.5. The van der Waals surface area contributed by atoms with Gasteiger partial charge in [-0.1, -0.05) is 19.1 Å². The Morgan fingerprint density at radius 1 is 1.12 bits per heavy atom. The summed E-state index contributed by atoms with van der Waals surface area (Å²) in [6, 6.07) is 13.6. The highest BCUT2D eigenvalue weighted by atomic mass is 16.1. The van der Waals surface area contributed by atoms with Crippen molar-refractivity contribution in [1.82, 2.24) is 24.3 Å². The largest absolute Gasteiger partial charge is 0.302 e. The fraction of sp³-hybridized carbons (Fsp3) is 0.200. The lowest BCUT2D eigenvalue weighted by Crippen LogP contribution is -2.16. The van der Waals surface area contributed by atoms with Crippen LogP contribution in [0.2, 0.25) is 0 Å². The van der Waals surface area contributed by atoms with E-state index in [9.17, 15) is 4.79 Å². The number of fused-ring (bicyclic) bond motifs is 1. The Morgan fingerprint density at radius 3 is 2.73 bits per heavy atom. The lowest BCUT2D eigenvalue weighted by atomic mass is 10.1. The van der Waals surface area contributed by atoms with Crippen molar-refractivity contribution in [2.24, 2.45) is 7.05 Å². The van der Waals surface area contributed by atoms with E-state index in [1.165, 1.54) is 4.57 Å². The molecule has 0 bridgehead atoms. The molecule has 0 unspecified atom stereocenters. The van der Waals surface area contributed by atoms with Gasteiger partial charge in [-0.15, -0.1) is 0 Å². The molecule has 4 rings (SSSR count). The van der Waals surface area contributed by atoms with E-state index in [-0.39, 0.29) is 5.56 Å². The van der Waals surface area contributed by atoms with Crippen LogP contribution in [-0.2, 0) is 13.5 Å². The average molecular weight is 345 g/mol. The van der Waals surface area contributed by atoms with E-state index in [2.05, 4.69) is 16.9 Å². The second-order valence-corrected chi connectivity index (χ2v) is 6.32. The zero-order valence-corrected chi connectivity index (χ0v) is 15.0. The number of nitrogens with zero attached hydrogens (tertiary/aromatic N) is 5. The molecule has 3 aromatic heterocycles. The van der Waals surface area contributed by atoms with E-state index in [4.69, 9.17) is 5.10 Å². The first-order chi connectivity index (χ1) is 12.6. The topological polar surface area (TPSA) is 65.6 Å². The fourth-order valence-electron chi connectivity index (χ4n) is 3.00. The second-order valence-electron chi connectivity index (χ2n) is 6.32. The Kier molecular flexibility index (Phi) is 3.88. The summed E-state index contributed by atoms with van der Waals surface area (Å²) >= 11 is 0. The average Bonchev–Trinajstić information content (AvgIpc) is 3.09. The minimum atomic E-state index is -0.0627. The molecule has 0 aliphatic heterocycles. The third kappa shape index (κ3) is 2.69. The fourth-order valence-corrected chi connectivity index (χ4v) is 3.00. The Morgan fingerprint density at radius 2 is 1.96 bits per heavy atom. The highest BCUT2D eigenvalue weighted by Gasteiger charge is 2.14. The van der Waals surface area contributed by atoms with Crippen LogP contribution < -0.4 is 5.56 Å². The van der Waals surface area contributed by atoms with E-state index in [0.29, 0.717) is 10.9 Å². The van der Waals surface area contributed by atoms with E-state index in [0.717, 1.165) is 34.9 Å². The third-order valence-corrected chi connectivity index (χ3v) is 4.43. The predicted octanol–water partition coefficient (Wildman–Crippen LogP) is 3.05. The lowest BCUT2D eigenvalue weighted by Gasteiger charge is -2.08. The summed E-state index contributed by atoms with van der Waals surface area (Å²) in [6.07, 6.45) is 2.36. The molecule has 4 aromatic rings. The maximum Gasteiger partial charge on any atom is 0.260 e. The van der Waals surface area contributed by atoms with Gasteiger partial charge in [-0.25, -0.2) is 14.6 Å². The summed E-state index contributed by atoms with van der Waals surface area (Å²) in [5, 5.41) is 5.28. The number of hydrogen-bond acceptors (Lipinski definition) is 4. The molecular weight excluding hydrogens is 326 g/mol. The molecule has 6 heteroatoms. The molecule has 0 amide bonds. The van der Waals surface area contributed by atoms with Crippen LogP contribution in [-0.4, -0.2) is 24.3 Å². The molecule has 0 fully saturated rings. The van der Waals surface area contributed by atoms with E-state index >= 15 is 0 Å². The standard InChI is InChI=1S/C20H19N5O/c1-4-15-11-18(25(23-15)19-7-5-6-13(2)22-19)14-8-9-17-16(10-14)20(26)24(3)12-21-17/h5-12H,4H2,1-3H3. The van der Waals surface area contributed by atoms with Gasteiger partial charge in [-0.2, -0.15) is 5.10 Å². The normalized spacial score (nSPS) is 11.2. The first-order valence-corrected chi connectivity index (χ1v) is 8.55. The number of benzene rings is 1. The quantitative estimate of drug-likeness (QED) is 0.572. The van der Waals surface area contributed by atoms with Crippen LogP contribution in [0.15, 0.2) is 53.6 Å². The molecule has 0 atom stereocenters. The summed E-state index contributed by atoms with van der Waals surface area (Å²) in [5.41, 5.74) is 4.35. The minimum absolute atomic E-state index is 0.0627. The molecule has 6 nitrogen and oxygen atoms in total. The summed E-state index contributed by atoms with van der Waals surface area (Å²) in [4.78, 5) is 21.4. The summed E-state index contributed by atoms with van der Waals surface area (Å²) < 4.78 is 3.33. The zero-order valence-electron chi connectivity index (χ0n) is 15.0. The molecular formula is C20H19N5O. The molecule has 0 spiro atoms. The van der Waals surface area contributed by atoms with Gasteiger partial charge in [-0.3, -0.25) is 4.79 Å². The Balaban J connectivity index is 1.96. The summed E-state index contributed by atoms with van der Waals surface area (Å²) in [6.45, 7) is 4.03. The van der Waals surface area contributed by atoms with Crippen LogP contribution in [0.3, 0.4) is 0 Å². The lowest BCUT2D eigenvalue weighted by molar-refractivity contribution is 0.817. The highest BCUT2D eigenvalue weighted by Crippen LogP contribution is 2.25. The van der Waals surface area contributed by atoms with Crippen LogP contribution >= 0.6 is 0 Å². The smallest absolute Gasteiger partial charge is 0.260 e. The highest BCUT2D eigenvalue weighted by molar-refractivity contribution is 5.83. The molecule has 0 radical (unpaired) electrons. The van der Waals surface area contributed by atoms with Gasteiger partial charge < -0.3 is 4.57 Å². The number of pyridine rings is 1. The first-order valence-electron chi connectivity index (χ1n) is 8.55. The van der Waals surface area contributed by atoms with Crippen LogP contribution in [0.4, 0.5) is 0 Å². The molecule has 26 heavy (non-hydrogen) atoms. The molecule has 0 aliphatic rings. The summed E-state index contributed by atoms with van der Waals surface area (Å²) in [5.74, 6) is 0.763. The Bertz CT molecular complexity index is 1170. The first kappa shape index (κ1) is 16.2. The van der Waals surface area contributed by atoms with Gasteiger partial charge in [0.2, 0.25) is 0 Å². The molecule has 1 aromatic carbocycles. The van der Waals surface area contributed by atoms with Gasteiger partial charge in [0, 0.05) is 18.3 Å². The van der Waals surface area contributed by atoms with Crippen LogP contribution in [0.25, 0.3) is 28.0 Å². The van der Waals surface area contributed by atoms with Crippen LogP contribution in [0, 0.1) is 6.92 Å². The van der Waals surface area contributed by atoms with Gasteiger partial charge in [0.05, 0.1) is 28.6 Å². The van der Waals surface area contributed by atoms with Crippen molar-refractivity contribution in [2.45, 2.75) is 20.3 Å². The number of aromatic nitrogens is 5. The van der Waals surface area contributed by atoms with Crippen LogP contribution in [0.5, 0.6) is 0 Å². The Hall–Kier alpha value is -3.28. The second kappa shape index (κ2) is 6.22. The van der Waals surface area contributed by atoms with Crippen molar-refractivity contribution < 1.29 is 0 Å². The van der Waals surface area contributed by atoms with Crippen LogP contribution in [0.1, 0.15) is 18.3 Å². The third-order valence-electron chi connectivity index (χ3n) is 4.43. The SMILES string of the molecule is CCc1cc(-c2ccc3ncn(C)c(=O)c3c2)n(-c2cccc(C)n2)n1. The van der Waals surface area contributed by atoms with Crippen molar-refractivity contribution in [1.29, 1.82) is 0 Å². The monoisotopic (exact) mass is 345 g/mol. The van der Waals surface area contributed by atoms with E-state index in [1.54, 1.807) is 13.4 Å². The molecule has 130 valence electrons. The molecule has 0 N–H and O–H groups in total. The molecule has 0 saturated carbocycles. The van der Waals surface area contributed by atoms with Crippen molar-refractivity contribution in [3.05, 3.63) is 70.5 Å². The van der Waals surface area contributed by atoms with E-state index in [1.807, 2.05) is 54.1 Å². The number of aryl methyl sites for hydroxylation is 3. The van der Waals surface area contributed by atoms with E-state index < -0.39 is 0 Å². The van der Waals surface area contributed by atoms with Gasteiger partial charge in [0.25, 0.3) is 5.56 Å². The van der Waals surface area contributed by atoms with Gasteiger partial charge >= 0.3 is 0 Å². The summed E-state index contributed by atoms with van der Waals surface area (Å²) in [7, 11) is 1.71. The molecule has 0 saturated heterocycles. The van der Waals surface area contributed by atoms with Crippen molar-refractivity contribution in [2.75, 3.05) is 0 Å². The maximum absolute atomic E-state index is 12.5. The van der Waals surface area contributed by atoms with Crippen molar-refractivity contribution >= 4 is 10.9 Å². The Labute approximate surface area is 150 Å². The predicted molar refractivity (Wildman–Crippen MR) is 101 cm³/mol. The van der Waals surface area contributed by atoms with Gasteiger partial charge in [-0.05, 0) is 43.7 Å². The molecule has 0 aliphatic carbocycles. The van der Waals surface area contributed by atoms with Crippen molar-refractivity contribution in [3.8, 4) is 17.1 Å². The van der Waals surface area contributed by atoms with Gasteiger partial charge in [0.1, 0.15) is 0 Å². The van der Waals surface area contributed by atoms with Gasteiger partial charge in [0.15, 0.2) is 5.82 Å². The molecule has 3 heterocycles.